The van der Waals surface area contributed by atoms with Crippen LogP contribution in [0.25, 0.3) is 22.3 Å². The number of aromatic amines is 2. The van der Waals surface area contributed by atoms with Gasteiger partial charge in [-0.1, -0.05) is 0 Å². The fourth-order valence-corrected chi connectivity index (χ4v) is 6.32. The number of aromatic nitrogens is 8. The minimum Gasteiger partial charge on any atom is -0.386 e. The van der Waals surface area contributed by atoms with E-state index in [1.807, 2.05) is 0 Å². The number of phosphoric acid groups is 2. The normalized spacial score (nSPS) is 27.4. The number of imidazole rings is 2. The number of hydrogen-bond acceptors (Lipinski definition) is 16. The van der Waals surface area contributed by atoms with Crippen molar-refractivity contribution in [3.63, 3.8) is 0 Å². The molecule has 23 nitrogen and oxygen atoms in total. The smallest absolute Gasteiger partial charge is 0.386 e. The van der Waals surface area contributed by atoms with Crippen LogP contribution >= 0.6 is 15.6 Å². The number of anilines is 2. The summed E-state index contributed by atoms with van der Waals surface area (Å²) in [5.41, 5.74) is 9.91. The van der Waals surface area contributed by atoms with E-state index in [2.05, 4.69) is 34.4 Å². The van der Waals surface area contributed by atoms with Crippen LogP contribution in [0.3, 0.4) is 0 Å². The first kappa shape index (κ1) is 30.4. The number of ether oxygens (including phenoxy) is 2. The van der Waals surface area contributed by atoms with Crippen molar-refractivity contribution in [2.45, 2.75) is 49.9 Å². The van der Waals surface area contributed by atoms with Crippen LogP contribution in [0.5, 0.6) is 0 Å². The molecule has 10 N–H and O–H groups in total. The zero-order valence-electron chi connectivity index (χ0n) is 21.9. The first-order chi connectivity index (χ1) is 20.7. The second-order valence-corrected chi connectivity index (χ2v) is 12.2. The highest BCUT2D eigenvalue weighted by atomic mass is 31.2. The Balaban J connectivity index is 1.21. The lowest BCUT2D eigenvalue weighted by Crippen LogP contribution is -2.37. The summed E-state index contributed by atoms with van der Waals surface area (Å²) in [6.45, 7) is -0.943. The van der Waals surface area contributed by atoms with Crippen LogP contribution in [0.15, 0.2) is 22.2 Å². The number of aliphatic hydroxyl groups is 1. The van der Waals surface area contributed by atoms with E-state index in [1.165, 1.54) is 10.9 Å². The van der Waals surface area contributed by atoms with Gasteiger partial charge >= 0.3 is 21.3 Å². The molecule has 4 aromatic heterocycles. The number of hydrogen-bond donors (Lipinski definition) is 8. The predicted octanol–water partition coefficient (Wildman–Crippen LogP) is -2.08. The van der Waals surface area contributed by atoms with Crippen LogP contribution in [0.4, 0.5) is 11.8 Å². The predicted molar refractivity (Wildman–Crippen MR) is 142 cm³/mol. The lowest BCUT2D eigenvalue weighted by Gasteiger charge is -2.24. The summed E-state index contributed by atoms with van der Waals surface area (Å²) in [6.07, 6.45) is -6.64. The van der Waals surface area contributed by atoms with Gasteiger partial charge in [-0.15, -0.1) is 0 Å². The number of phosphoric ester groups is 2. The minimum atomic E-state index is -5.14. The van der Waals surface area contributed by atoms with Crippen molar-refractivity contribution in [3.05, 3.63) is 33.5 Å². The van der Waals surface area contributed by atoms with Crippen molar-refractivity contribution in [1.82, 2.24) is 39.0 Å². The molecule has 6 heterocycles. The molecular weight excluding hydrogens is 638 g/mol. The molecule has 7 atom stereocenters. The molecule has 0 amide bonds. The summed E-state index contributed by atoms with van der Waals surface area (Å²) in [6, 6.07) is 0. The fraction of sp³-hybridized carbons (Fsp3) is 0.474. The zero-order chi connectivity index (χ0) is 31.6. The second kappa shape index (κ2) is 11.1. The molecule has 0 aromatic carbocycles. The molecule has 2 fully saturated rings. The number of nitrogens with zero attached hydrogens (tertiary/aromatic N) is 6. The Morgan fingerprint density at radius 2 is 1.82 bits per heavy atom. The van der Waals surface area contributed by atoms with Crippen LogP contribution in [0.1, 0.15) is 25.3 Å². The fourth-order valence-electron chi connectivity index (χ4n) is 4.91. The number of H-pyrrole nitrogens is 2. The molecule has 44 heavy (non-hydrogen) atoms. The Hall–Kier alpha value is -3.60. The van der Waals surface area contributed by atoms with E-state index >= 15 is 0 Å². The van der Waals surface area contributed by atoms with Crippen molar-refractivity contribution in [2.24, 2.45) is 0 Å². The molecule has 4 aromatic rings. The Labute approximate surface area is 242 Å². The Kier molecular flexibility index (Phi) is 7.66. The topological polar surface area (TPSA) is 340 Å². The molecule has 0 radical (unpaired) electrons. The van der Waals surface area contributed by atoms with Crippen molar-refractivity contribution in [1.29, 1.82) is 0 Å². The third kappa shape index (κ3) is 5.78. The van der Waals surface area contributed by atoms with Crippen molar-refractivity contribution in [3.8, 4) is 0 Å². The molecule has 2 aliphatic rings. The lowest BCUT2D eigenvalue weighted by molar-refractivity contribution is -0.114. The highest BCUT2D eigenvalue weighted by molar-refractivity contribution is 7.47. The molecule has 2 unspecified atom stereocenters. The Morgan fingerprint density at radius 3 is 2.57 bits per heavy atom. The SMILES string of the molecule is Nc1nc2c(ncn2[C@H]2CC[C@@H](OP(=O)(O)O[C@H]3C(O)[C@H](n4c(=O)[nH]c5c(N)ncnc54)O[C@@H]3COP(=O)(O)O)O2)c(=O)[nH]1. The van der Waals surface area contributed by atoms with Gasteiger partial charge in [0.15, 0.2) is 35.1 Å². The van der Waals surface area contributed by atoms with Gasteiger partial charge in [0.05, 0.1) is 12.9 Å². The van der Waals surface area contributed by atoms with Gasteiger partial charge in [0.1, 0.15) is 36.4 Å². The molecule has 0 spiro atoms. The first-order valence-electron chi connectivity index (χ1n) is 12.5. The summed E-state index contributed by atoms with van der Waals surface area (Å²) in [4.78, 5) is 74.2. The number of nitrogen functional groups attached to an aromatic ring is 2. The minimum absolute atomic E-state index is 0.00190. The van der Waals surface area contributed by atoms with Gasteiger partial charge in [-0.25, -0.2) is 33.4 Å². The van der Waals surface area contributed by atoms with Crippen LogP contribution in [-0.2, 0) is 32.2 Å². The maximum atomic E-state index is 13.1. The summed E-state index contributed by atoms with van der Waals surface area (Å²) in [5.74, 6) is -0.271. The number of fused-ring (bicyclic) bond motifs is 2. The van der Waals surface area contributed by atoms with Crippen molar-refractivity contribution < 1.29 is 52.0 Å². The van der Waals surface area contributed by atoms with Gasteiger partial charge in [-0.3, -0.25) is 27.9 Å². The molecule has 0 aliphatic carbocycles. The first-order valence-corrected chi connectivity index (χ1v) is 15.5. The Morgan fingerprint density at radius 1 is 1.05 bits per heavy atom. The molecule has 0 saturated carbocycles. The highest BCUT2D eigenvalue weighted by Crippen LogP contribution is 2.52. The number of aliphatic hydroxyl groups excluding tert-OH is 1. The van der Waals surface area contributed by atoms with Gasteiger partial charge in [0.2, 0.25) is 5.95 Å². The van der Waals surface area contributed by atoms with Crippen LogP contribution in [-0.4, -0.2) is 90.0 Å². The summed E-state index contributed by atoms with van der Waals surface area (Å²) < 4.78 is 52.8. The summed E-state index contributed by atoms with van der Waals surface area (Å²) in [7, 11) is -10.2. The van der Waals surface area contributed by atoms with Crippen LogP contribution < -0.4 is 22.7 Å². The van der Waals surface area contributed by atoms with Crippen LogP contribution in [0.2, 0.25) is 0 Å². The molecule has 238 valence electrons. The molecule has 6 rings (SSSR count). The summed E-state index contributed by atoms with van der Waals surface area (Å²) in [5, 5.41) is 11.1. The monoisotopic (exact) mass is 662 g/mol. The van der Waals surface area contributed by atoms with Crippen LogP contribution in [0, 0.1) is 0 Å². The maximum Gasteiger partial charge on any atom is 0.474 e. The van der Waals surface area contributed by atoms with Gasteiger partial charge in [-0.2, -0.15) is 4.98 Å². The van der Waals surface area contributed by atoms with E-state index in [4.69, 9.17) is 30.0 Å². The molecule has 2 saturated heterocycles. The maximum absolute atomic E-state index is 13.1. The van der Waals surface area contributed by atoms with E-state index < -0.39 is 70.6 Å². The van der Waals surface area contributed by atoms with E-state index in [-0.39, 0.29) is 46.9 Å². The average molecular weight is 662 g/mol. The molecule has 0 bridgehead atoms. The highest BCUT2D eigenvalue weighted by Gasteiger charge is 2.51. The van der Waals surface area contributed by atoms with Crippen molar-refractivity contribution in [2.75, 3.05) is 18.1 Å². The average Bonchev–Trinajstić information content (AvgIpc) is 3.69. The van der Waals surface area contributed by atoms with Crippen molar-refractivity contribution >= 4 is 49.7 Å². The van der Waals surface area contributed by atoms with E-state index in [0.717, 1.165) is 10.9 Å². The van der Waals surface area contributed by atoms with E-state index in [1.54, 1.807) is 0 Å². The van der Waals surface area contributed by atoms with Gasteiger partial charge in [0.25, 0.3) is 5.56 Å². The van der Waals surface area contributed by atoms with Gasteiger partial charge in [0, 0.05) is 6.42 Å². The zero-order valence-corrected chi connectivity index (χ0v) is 23.7. The number of rotatable bonds is 9. The molecular formula is C19H24N10O13P2. The van der Waals surface area contributed by atoms with E-state index in [9.17, 15) is 38.5 Å². The lowest BCUT2D eigenvalue weighted by atomic mass is 10.1. The van der Waals surface area contributed by atoms with Gasteiger partial charge in [-0.05, 0) is 6.42 Å². The standard InChI is InChI=1S/C19H24N10O13P2/c20-13-9-14(23-4-22-13)29(19(32)25-9)17-11(30)12(6(39-17)3-38-43(33,34)35)42-44(36,37)41-8-2-1-7(40-8)28-5-24-10-15(28)26-18(21)27-16(10)31/h4-8,11-12,17,30H,1-3H2,(H,25,32)(H,36,37)(H2,20,22,23)(H2,33,34,35)(H3,21,26,27,31)/t6-,7-,8-,11?,12-,17-/m1/s1. The number of nitrogens with one attached hydrogen (secondary N) is 2. The number of nitrogens with two attached hydrogens (primary N) is 2. The third-order valence-corrected chi connectivity index (χ3v) is 8.23. The van der Waals surface area contributed by atoms with Gasteiger partial charge < -0.3 is 45.7 Å². The Bertz CT molecular complexity index is 1940. The summed E-state index contributed by atoms with van der Waals surface area (Å²) >= 11 is 0. The second-order valence-electron chi connectivity index (χ2n) is 9.62. The third-order valence-electron chi connectivity index (χ3n) is 6.73. The molecule has 25 heteroatoms. The largest absolute Gasteiger partial charge is 0.474 e. The molecule has 2 aliphatic heterocycles. The quantitative estimate of drug-likeness (QED) is 0.0891. The van der Waals surface area contributed by atoms with E-state index in [0.29, 0.717) is 0 Å².